The molecule has 6 rings (SSSR count). The van der Waals surface area contributed by atoms with Crippen LogP contribution in [-0.4, -0.2) is 94.7 Å². The molecule has 0 aliphatic heterocycles. The Morgan fingerprint density at radius 1 is 0.849 bits per heavy atom. The minimum Gasteiger partial charge on any atom is -0.493 e. The summed E-state index contributed by atoms with van der Waals surface area (Å²) in [6.07, 6.45) is 1.63. The number of pyridine rings is 2. The number of ether oxygens (including phenoxy) is 5. The van der Waals surface area contributed by atoms with Gasteiger partial charge in [0.15, 0.2) is 34.6 Å². The van der Waals surface area contributed by atoms with Crippen molar-refractivity contribution in [1.29, 1.82) is 0 Å². The molecule has 0 bridgehead atoms. The van der Waals surface area contributed by atoms with E-state index < -0.39 is 16.1 Å². The lowest BCUT2D eigenvalue weighted by atomic mass is 10.2. The molecule has 3 N–H and O–H groups in total. The number of nitrogens with zero attached hydrogens (tertiary/aromatic N) is 8. The fraction of sp³-hybridized carbons (Fsp3) is 0.152. The van der Waals surface area contributed by atoms with Crippen molar-refractivity contribution in [3.8, 4) is 57.5 Å². The van der Waals surface area contributed by atoms with E-state index in [-0.39, 0.29) is 64.5 Å². The molecule has 1 amide bonds. The summed E-state index contributed by atoms with van der Waals surface area (Å²) in [6.45, 7) is -0.488. The molecule has 0 atom stereocenters. The number of methoxy groups -OCH3 is 3. The van der Waals surface area contributed by atoms with Crippen LogP contribution in [0.25, 0.3) is 22.9 Å². The summed E-state index contributed by atoms with van der Waals surface area (Å²) in [7, 11) is -0.196. The van der Waals surface area contributed by atoms with E-state index in [1.54, 1.807) is 48.5 Å². The van der Waals surface area contributed by atoms with Gasteiger partial charge in [0.25, 0.3) is 15.9 Å². The molecule has 0 aliphatic rings. The van der Waals surface area contributed by atoms with Crippen LogP contribution in [0.1, 0.15) is 0 Å². The van der Waals surface area contributed by atoms with E-state index in [0.717, 1.165) is 4.90 Å². The number of sulfonamides is 1. The van der Waals surface area contributed by atoms with Crippen molar-refractivity contribution >= 4 is 27.8 Å². The quantitative estimate of drug-likeness (QED) is 0.133. The second-order valence-corrected chi connectivity index (χ2v) is 12.2. The summed E-state index contributed by atoms with van der Waals surface area (Å²) in [6, 6.07) is 18.6. The number of hydrogen-bond donors (Lipinski definition) is 3. The summed E-state index contributed by atoms with van der Waals surface area (Å²) in [5.74, 6) is 0.355. The molecule has 0 radical (unpaired) electrons. The second-order valence-electron chi connectivity index (χ2n) is 10.5. The summed E-state index contributed by atoms with van der Waals surface area (Å²) < 4.78 is 58.9. The standard InChI is InChI=1S/C33H30N10O9S/c1-48-23-8-4-5-9-25(23)52-28-31(40-53(46,47)21-11-12-24(49-2)26(19-21)50-3)36-29(20-13-15-34-22(18-20)30-38-41-42-39-30)37-32(28)51-17-16-43(33(44)45)27-10-6-7-14-35-27/h4-15,18-19H,16-17H2,1-3H3,(H,44,45)(H,36,37,40)(H,38,39,41,42). The van der Waals surface area contributed by atoms with Crippen LogP contribution in [-0.2, 0) is 10.0 Å². The molecular formula is C33H30N10O9S. The third-order valence-electron chi connectivity index (χ3n) is 7.31. The van der Waals surface area contributed by atoms with Gasteiger partial charge in [-0.05, 0) is 53.7 Å². The van der Waals surface area contributed by atoms with Crippen LogP contribution in [0.15, 0.2) is 90.1 Å². The van der Waals surface area contributed by atoms with Crippen LogP contribution in [0.3, 0.4) is 0 Å². The largest absolute Gasteiger partial charge is 0.493 e. The van der Waals surface area contributed by atoms with Crippen LogP contribution in [0.4, 0.5) is 16.4 Å². The van der Waals surface area contributed by atoms with Gasteiger partial charge in [-0.2, -0.15) is 10.2 Å². The average Bonchev–Trinajstić information content (AvgIpc) is 3.73. The van der Waals surface area contributed by atoms with E-state index in [2.05, 4.69) is 45.3 Å². The van der Waals surface area contributed by atoms with E-state index in [0.29, 0.717) is 22.8 Å². The highest BCUT2D eigenvalue weighted by Gasteiger charge is 2.27. The molecule has 0 unspecified atom stereocenters. The van der Waals surface area contributed by atoms with E-state index in [1.807, 2.05) is 0 Å². The molecule has 2 aromatic carbocycles. The fourth-order valence-corrected chi connectivity index (χ4v) is 5.84. The lowest BCUT2D eigenvalue weighted by Gasteiger charge is -2.20. The van der Waals surface area contributed by atoms with Gasteiger partial charge in [-0.15, -0.1) is 10.2 Å². The van der Waals surface area contributed by atoms with Gasteiger partial charge in [-0.3, -0.25) is 14.6 Å². The topological polar surface area (TPSA) is 239 Å². The molecule has 6 aromatic rings. The Balaban J connectivity index is 1.49. The molecule has 19 nitrogen and oxygen atoms in total. The lowest BCUT2D eigenvalue weighted by Crippen LogP contribution is -2.34. The fourth-order valence-electron chi connectivity index (χ4n) is 4.82. The Kier molecular flexibility index (Phi) is 10.7. The SMILES string of the molecule is COc1ccc(S(=O)(=O)Nc2nc(-c3ccnc(-c4nn[nH]n4)c3)nc(OCCN(C(=O)O)c3ccccn3)c2Oc2ccccc2OC)cc1OC. The number of nitrogens with one attached hydrogen (secondary N) is 2. The van der Waals surface area contributed by atoms with Crippen molar-refractivity contribution in [2.24, 2.45) is 0 Å². The van der Waals surface area contributed by atoms with Crippen LogP contribution >= 0.6 is 0 Å². The number of H-pyrrole nitrogens is 1. The Bertz CT molecular complexity index is 2310. The monoisotopic (exact) mass is 742 g/mol. The van der Waals surface area contributed by atoms with Crippen molar-refractivity contribution in [2.75, 3.05) is 44.1 Å². The van der Waals surface area contributed by atoms with Crippen LogP contribution in [0.2, 0.25) is 0 Å². The Hall–Kier alpha value is -7.09. The maximum Gasteiger partial charge on any atom is 0.413 e. The van der Waals surface area contributed by atoms with Crippen LogP contribution < -0.4 is 33.3 Å². The molecule has 0 fully saturated rings. The van der Waals surface area contributed by atoms with Gasteiger partial charge in [0.05, 0.1) is 32.8 Å². The van der Waals surface area contributed by atoms with Gasteiger partial charge >= 0.3 is 6.09 Å². The molecule has 0 spiro atoms. The molecule has 0 saturated carbocycles. The maximum atomic E-state index is 14.0. The number of amides is 1. The van der Waals surface area contributed by atoms with Crippen molar-refractivity contribution in [3.63, 3.8) is 0 Å². The highest BCUT2D eigenvalue weighted by molar-refractivity contribution is 7.92. The Morgan fingerprint density at radius 3 is 2.30 bits per heavy atom. The molecule has 272 valence electrons. The Morgan fingerprint density at radius 2 is 1.60 bits per heavy atom. The number of aromatic nitrogens is 8. The third-order valence-corrected chi connectivity index (χ3v) is 8.65. The van der Waals surface area contributed by atoms with Gasteiger partial charge in [-0.1, -0.05) is 18.2 Å². The summed E-state index contributed by atoms with van der Waals surface area (Å²) in [5.41, 5.74) is 0.650. The molecule has 20 heteroatoms. The Labute approximate surface area is 301 Å². The van der Waals surface area contributed by atoms with E-state index >= 15 is 0 Å². The zero-order valence-electron chi connectivity index (χ0n) is 28.2. The number of anilines is 2. The first-order chi connectivity index (χ1) is 25.7. The van der Waals surface area contributed by atoms with Crippen LogP contribution in [0, 0.1) is 0 Å². The number of carboxylic acid groups (broad SMARTS) is 1. The van der Waals surface area contributed by atoms with Gasteiger partial charge in [0.2, 0.25) is 11.6 Å². The molecule has 0 aliphatic carbocycles. The molecule has 4 heterocycles. The average molecular weight is 743 g/mol. The molecule has 4 aromatic heterocycles. The number of tetrazole rings is 1. The normalized spacial score (nSPS) is 11.0. The first kappa shape index (κ1) is 35.7. The zero-order chi connectivity index (χ0) is 37.4. The molecule has 0 saturated heterocycles. The van der Waals surface area contributed by atoms with Gasteiger partial charge in [0.1, 0.15) is 18.1 Å². The summed E-state index contributed by atoms with van der Waals surface area (Å²) in [4.78, 5) is 30.5. The number of rotatable bonds is 15. The van der Waals surface area contributed by atoms with Gasteiger partial charge < -0.3 is 28.8 Å². The minimum absolute atomic E-state index is 0.0376. The third kappa shape index (κ3) is 8.12. The number of aromatic amines is 1. The lowest BCUT2D eigenvalue weighted by molar-refractivity contribution is 0.198. The number of carbonyl (C=O) groups is 1. The van der Waals surface area contributed by atoms with E-state index in [4.69, 9.17) is 23.7 Å². The zero-order valence-corrected chi connectivity index (χ0v) is 29.0. The summed E-state index contributed by atoms with van der Waals surface area (Å²) in [5, 5.41) is 23.8. The first-order valence-corrected chi connectivity index (χ1v) is 16.9. The van der Waals surface area contributed by atoms with Crippen molar-refractivity contribution < 1.29 is 42.0 Å². The minimum atomic E-state index is -4.42. The maximum absolute atomic E-state index is 14.0. The van der Waals surface area contributed by atoms with E-state index in [1.165, 1.54) is 58.0 Å². The summed E-state index contributed by atoms with van der Waals surface area (Å²) >= 11 is 0. The van der Waals surface area contributed by atoms with Crippen molar-refractivity contribution in [3.05, 3.63) is 85.2 Å². The highest BCUT2D eigenvalue weighted by Crippen LogP contribution is 2.42. The molecular weight excluding hydrogens is 712 g/mol. The molecule has 53 heavy (non-hydrogen) atoms. The second kappa shape index (κ2) is 15.9. The van der Waals surface area contributed by atoms with Crippen molar-refractivity contribution in [2.45, 2.75) is 4.90 Å². The van der Waals surface area contributed by atoms with Crippen LogP contribution in [0.5, 0.6) is 34.6 Å². The number of para-hydroxylation sites is 2. The predicted molar refractivity (Wildman–Crippen MR) is 187 cm³/mol. The van der Waals surface area contributed by atoms with Gasteiger partial charge in [-0.25, -0.2) is 23.2 Å². The smallest absolute Gasteiger partial charge is 0.413 e. The number of hydrogen-bond acceptors (Lipinski definition) is 15. The van der Waals surface area contributed by atoms with E-state index in [9.17, 15) is 18.3 Å². The highest BCUT2D eigenvalue weighted by atomic mass is 32.2. The van der Waals surface area contributed by atoms with Gasteiger partial charge in [0, 0.05) is 24.0 Å². The first-order valence-electron chi connectivity index (χ1n) is 15.4. The predicted octanol–water partition coefficient (Wildman–Crippen LogP) is 4.30. The van der Waals surface area contributed by atoms with Crippen molar-refractivity contribution in [1.82, 2.24) is 40.6 Å². The number of benzene rings is 2.